The van der Waals surface area contributed by atoms with E-state index in [9.17, 15) is 10.1 Å². The second kappa shape index (κ2) is 8.55. The van der Waals surface area contributed by atoms with Gasteiger partial charge in [0.05, 0.1) is 4.92 Å². The molecule has 0 aliphatic heterocycles. The Morgan fingerprint density at radius 2 is 2.25 bits per heavy atom. The van der Waals surface area contributed by atoms with Crippen LogP contribution in [0.3, 0.4) is 0 Å². The molecule has 20 heavy (non-hydrogen) atoms. The molecular formula is C14H19ClN2O3. The topological polar surface area (TPSA) is 64.4 Å². The Labute approximate surface area is 123 Å². The molecule has 0 aliphatic rings. The van der Waals surface area contributed by atoms with E-state index in [4.69, 9.17) is 16.3 Å². The molecule has 0 aliphatic carbocycles. The standard InChI is InChI=1S/C14H19ClN2O3/c1-11(2)9-16-10-12-4-5-13(17(18)19)14(8-12)20-7-3-6-15/h3-6,8,11,16H,7,9-10H2,1-2H3. The molecule has 6 heteroatoms. The molecule has 1 rings (SSSR count). The van der Waals surface area contributed by atoms with Crippen molar-refractivity contribution in [1.82, 2.24) is 5.32 Å². The van der Waals surface area contributed by atoms with E-state index in [0.29, 0.717) is 12.5 Å². The van der Waals surface area contributed by atoms with Gasteiger partial charge in [-0.05, 0) is 30.2 Å². The lowest BCUT2D eigenvalue weighted by molar-refractivity contribution is -0.385. The van der Waals surface area contributed by atoms with E-state index in [1.165, 1.54) is 11.6 Å². The van der Waals surface area contributed by atoms with Crippen LogP contribution in [0.15, 0.2) is 29.8 Å². The van der Waals surface area contributed by atoms with Gasteiger partial charge in [0.25, 0.3) is 0 Å². The van der Waals surface area contributed by atoms with Crippen molar-refractivity contribution in [3.8, 4) is 5.75 Å². The van der Waals surface area contributed by atoms with Crippen molar-refractivity contribution in [2.45, 2.75) is 20.4 Å². The normalized spacial score (nSPS) is 11.2. The lowest BCUT2D eigenvalue weighted by Crippen LogP contribution is -2.19. The van der Waals surface area contributed by atoms with Crippen LogP contribution in [-0.2, 0) is 6.54 Å². The molecule has 0 fully saturated rings. The Hall–Kier alpha value is -1.59. The quantitative estimate of drug-likeness (QED) is 0.589. The van der Waals surface area contributed by atoms with E-state index in [0.717, 1.165) is 12.1 Å². The maximum atomic E-state index is 10.9. The summed E-state index contributed by atoms with van der Waals surface area (Å²) in [6.45, 7) is 5.99. The van der Waals surface area contributed by atoms with Gasteiger partial charge in [-0.3, -0.25) is 10.1 Å². The average Bonchev–Trinajstić information content (AvgIpc) is 2.38. The smallest absolute Gasteiger partial charge is 0.310 e. The summed E-state index contributed by atoms with van der Waals surface area (Å²) >= 11 is 5.40. The summed E-state index contributed by atoms with van der Waals surface area (Å²) in [5, 5.41) is 14.2. The van der Waals surface area contributed by atoms with Gasteiger partial charge in [0.2, 0.25) is 0 Å². The molecule has 0 bridgehead atoms. The third-order valence-electron chi connectivity index (χ3n) is 2.53. The second-order valence-electron chi connectivity index (χ2n) is 4.76. The van der Waals surface area contributed by atoms with Crippen LogP contribution in [0.4, 0.5) is 5.69 Å². The molecule has 0 aromatic heterocycles. The van der Waals surface area contributed by atoms with Gasteiger partial charge in [-0.15, -0.1) is 0 Å². The first-order valence-corrected chi connectivity index (χ1v) is 6.84. The summed E-state index contributed by atoms with van der Waals surface area (Å²) in [5.74, 6) is 0.811. The molecule has 0 amide bonds. The minimum Gasteiger partial charge on any atom is -0.483 e. The summed E-state index contributed by atoms with van der Waals surface area (Å²) in [6.07, 6.45) is 1.58. The van der Waals surface area contributed by atoms with Crippen LogP contribution in [0.25, 0.3) is 0 Å². The SMILES string of the molecule is CC(C)CNCc1ccc([N+](=O)[O-])c(OCC=CCl)c1. The number of nitro groups is 1. The second-order valence-corrected chi connectivity index (χ2v) is 5.01. The molecule has 0 atom stereocenters. The summed E-state index contributed by atoms with van der Waals surface area (Å²) < 4.78 is 5.37. The number of halogens is 1. The number of hydrogen-bond donors (Lipinski definition) is 1. The van der Waals surface area contributed by atoms with Crippen molar-refractivity contribution in [2.75, 3.05) is 13.2 Å². The Balaban J connectivity index is 2.78. The third-order valence-corrected chi connectivity index (χ3v) is 2.70. The van der Waals surface area contributed by atoms with E-state index in [2.05, 4.69) is 19.2 Å². The largest absolute Gasteiger partial charge is 0.483 e. The first-order chi connectivity index (χ1) is 9.54. The minimum absolute atomic E-state index is 0.0411. The number of rotatable bonds is 8. The highest BCUT2D eigenvalue weighted by Crippen LogP contribution is 2.28. The number of ether oxygens (including phenoxy) is 1. The van der Waals surface area contributed by atoms with Gasteiger partial charge in [-0.2, -0.15) is 0 Å². The molecule has 1 aromatic carbocycles. The fourth-order valence-electron chi connectivity index (χ4n) is 1.61. The molecule has 0 unspecified atom stereocenters. The molecule has 0 saturated heterocycles. The van der Waals surface area contributed by atoms with Crippen molar-refractivity contribution in [1.29, 1.82) is 0 Å². The predicted octanol–water partition coefficient (Wildman–Crippen LogP) is 3.47. The number of hydrogen-bond acceptors (Lipinski definition) is 4. The summed E-state index contributed by atoms with van der Waals surface area (Å²) in [4.78, 5) is 10.5. The molecule has 5 nitrogen and oxygen atoms in total. The Morgan fingerprint density at radius 3 is 2.85 bits per heavy atom. The average molecular weight is 299 g/mol. The Kier molecular flexibility index (Phi) is 7.04. The fourth-order valence-corrected chi connectivity index (χ4v) is 1.69. The molecule has 0 heterocycles. The summed E-state index contributed by atoms with van der Waals surface area (Å²) in [6, 6.07) is 4.88. The molecule has 0 spiro atoms. The van der Waals surface area contributed by atoms with Crippen LogP contribution in [0.2, 0.25) is 0 Å². The first kappa shape index (κ1) is 16.5. The van der Waals surface area contributed by atoms with Crippen LogP contribution < -0.4 is 10.1 Å². The van der Waals surface area contributed by atoms with Gasteiger partial charge < -0.3 is 10.1 Å². The van der Waals surface area contributed by atoms with E-state index in [1.807, 2.05) is 0 Å². The first-order valence-electron chi connectivity index (χ1n) is 6.40. The van der Waals surface area contributed by atoms with Gasteiger partial charge >= 0.3 is 5.69 Å². The molecule has 1 N–H and O–H groups in total. The van der Waals surface area contributed by atoms with Crippen molar-refractivity contribution in [3.05, 3.63) is 45.5 Å². The van der Waals surface area contributed by atoms with Gasteiger partial charge in [0.15, 0.2) is 5.75 Å². The number of nitrogens with one attached hydrogen (secondary N) is 1. The minimum atomic E-state index is -0.453. The molecule has 110 valence electrons. The number of nitro benzene ring substituents is 1. The lowest BCUT2D eigenvalue weighted by atomic mass is 10.1. The maximum Gasteiger partial charge on any atom is 0.310 e. The third kappa shape index (κ3) is 5.59. The van der Waals surface area contributed by atoms with Crippen molar-refractivity contribution < 1.29 is 9.66 Å². The summed E-state index contributed by atoms with van der Waals surface area (Å²) in [5.41, 5.74) is 2.22. The van der Waals surface area contributed by atoms with E-state index < -0.39 is 4.92 Å². The molecule has 1 aromatic rings. The van der Waals surface area contributed by atoms with Crippen LogP contribution >= 0.6 is 11.6 Å². The summed E-state index contributed by atoms with van der Waals surface area (Å²) in [7, 11) is 0. The number of nitrogens with zero attached hydrogens (tertiary/aromatic N) is 1. The zero-order chi connectivity index (χ0) is 15.0. The van der Waals surface area contributed by atoms with Crippen molar-refractivity contribution >= 4 is 17.3 Å². The molecule has 0 saturated carbocycles. The van der Waals surface area contributed by atoms with E-state index >= 15 is 0 Å². The lowest BCUT2D eigenvalue weighted by Gasteiger charge is -2.09. The zero-order valence-electron chi connectivity index (χ0n) is 11.6. The number of benzene rings is 1. The van der Waals surface area contributed by atoms with Gasteiger partial charge in [0, 0.05) is 18.1 Å². The van der Waals surface area contributed by atoms with Crippen molar-refractivity contribution in [2.24, 2.45) is 5.92 Å². The van der Waals surface area contributed by atoms with Crippen LogP contribution in [0, 0.1) is 16.0 Å². The highest BCUT2D eigenvalue weighted by Gasteiger charge is 2.15. The monoisotopic (exact) mass is 298 g/mol. The van der Waals surface area contributed by atoms with Crippen LogP contribution in [0.1, 0.15) is 19.4 Å². The van der Waals surface area contributed by atoms with Gasteiger partial charge in [-0.1, -0.05) is 31.5 Å². The van der Waals surface area contributed by atoms with Gasteiger partial charge in [-0.25, -0.2) is 0 Å². The van der Waals surface area contributed by atoms with E-state index in [-0.39, 0.29) is 18.0 Å². The Morgan fingerprint density at radius 1 is 1.50 bits per heavy atom. The Bertz CT molecular complexity index is 475. The van der Waals surface area contributed by atoms with Crippen LogP contribution in [-0.4, -0.2) is 18.1 Å². The molecule has 0 radical (unpaired) electrons. The fraction of sp³-hybridized carbons (Fsp3) is 0.429. The predicted molar refractivity (Wildman–Crippen MR) is 80.1 cm³/mol. The van der Waals surface area contributed by atoms with E-state index in [1.54, 1.807) is 18.2 Å². The zero-order valence-corrected chi connectivity index (χ0v) is 12.4. The highest BCUT2D eigenvalue weighted by molar-refractivity contribution is 6.25. The van der Waals surface area contributed by atoms with Gasteiger partial charge in [0.1, 0.15) is 6.61 Å². The maximum absolute atomic E-state index is 10.9. The highest BCUT2D eigenvalue weighted by atomic mass is 35.5. The van der Waals surface area contributed by atoms with Crippen molar-refractivity contribution in [3.63, 3.8) is 0 Å². The molecular weight excluding hydrogens is 280 g/mol. The van der Waals surface area contributed by atoms with Crippen LogP contribution in [0.5, 0.6) is 5.75 Å².